The minimum atomic E-state index is -0.426. The summed E-state index contributed by atoms with van der Waals surface area (Å²) >= 11 is 3.44. The number of pyridine rings is 1. The number of hydrogen-bond donors (Lipinski definition) is 1. The summed E-state index contributed by atoms with van der Waals surface area (Å²) in [5.74, 6) is -0.375. The van der Waals surface area contributed by atoms with Gasteiger partial charge in [0.2, 0.25) is 0 Å². The van der Waals surface area contributed by atoms with E-state index >= 15 is 0 Å². The molecule has 1 aromatic heterocycles. The number of ketones is 1. The van der Waals surface area contributed by atoms with E-state index < -0.39 is 5.56 Å². The van der Waals surface area contributed by atoms with Gasteiger partial charge in [0.15, 0.2) is 5.78 Å². The minimum Gasteiger partial charge on any atom is -0.325 e. The van der Waals surface area contributed by atoms with Crippen molar-refractivity contribution in [2.75, 3.05) is 11.4 Å². The molecule has 0 fully saturated rings. The van der Waals surface area contributed by atoms with Gasteiger partial charge in [-0.15, -0.1) is 0 Å². The van der Waals surface area contributed by atoms with Gasteiger partial charge in [-0.2, -0.15) is 0 Å². The molecule has 1 aliphatic heterocycles. The first-order valence-corrected chi connectivity index (χ1v) is 9.44. The number of carbonyl (C=O) groups excluding carboxylic acids is 2. The van der Waals surface area contributed by atoms with Crippen LogP contribution in [0.4, 0.5) is 5.69 Å². The van der Waals surface area contributed by atoms with Gasteiger partial charge in [-0.05, 0) is 48.1 Å². The molecule has 1 N–H and O–H groups in total. The van der Waals surface area contributed by atoms with Crippen LogP contribution in [0.5, 0.6) is 0 Å². The third-order valence-electron chi connectivity index (χ3n) is 5.13. The van der Waals surface area contributed by atoms with E-state index in [0.29, 0.717) is 30.6 Å². The Morgan fingerprint density at radius 3 is 2.73 bits per heavy atom. The number of aromatic nitrogens is 1. The van der Waals surface area contributed by atoms with Gasteiger partial charge in [-0.25, -0.2) is 0 Å². The third kappa shape index (κ3) is 2.82. The van der Waals surface area contributed by atoms with Crippen LogP contribution < -0.4 is 10.5 Å². The first kappa shape index (κ1) is 17.2. The smallest absolute Gasteiger partial charge is 0.263 e. The van der Waals surface area contributed by atoms with Crippen LogP contribution in [0.3, 0.4) is 0 Å². The molecule has 26 heavy (non-hydrogen) atoms. The molecule has 0 radical (unpaired) electrons. The Labute approximate surface area is 159 Å². The van der Waals surface area contributed by atoms with Gasteiger partial charge in [-0.3, -0.25) is 14.4 Å². The number of nitrogens with one attached hydrogen (secondary N) is 1. The molecule has 2 aromatic rings. The number of halogens is 1. The fourth-order valence-corrected chi connectivity index (χ4v) is 4.32. The van der Waals surface area contributed by atoms with Gasteiger partial charge in [0, 0.05) is 34.4 Å². The maximum absolute atomic E-state index is 13.0. The molecule has 1 amide bonds. The number of H-pyrrole nitrogens is 1. The zero-order valence-electron chi connectivity index (χ0n) is 14.7. The molecule has 0 atom stereocenters. The van der Waals surface area contributed by atoms with Crippen molar-refractivity contribution in [3.8, 4) is 0 Å². The highest BCUT2D eigenvalue weighted by molar-refractivity contribution is 9.10. The number of benzene rings is 1. The second kappa shape index (κ2) is 5.91. The lowest BCUT2D eigenvalue weighted by Crippen LogP contribution is -2.36. The van der Waals surface area contributed by atoms with Crippen LogP contribution in [-0.4, -0.2) is 23.2 Å². The van der Waals surface area contributed by atoms with Gasteiger partial charge >= 0.3 is 0 Å². The Morgan fingerprint density at radius 1 is 1.19 bits per heavy atom. The van der Waals surface area contributed by atoms with Crippen LogP contribution in [0.25, 0.3) is 0 Å². The van der Waals surface area contributed by atoms with Crippen LogP contribution in [0.2, 0.25) is 0 Å². The van der Waals surface area contributed by atoms with Crippen molar-refractivity contribution in [2.45, 2.75) is 33.1 Å². The topological polar surface area (TPSA) is 70.2 Å². The number of Topliss-reactive ketones (excluding diaryl/α,β-unsaturated/α-hetero) is 1. The van der Waals surface area contributed by atoms with E-state index in [9.17, 15) is 14.4 Å². The molecule has 134 valence electrons. The predicted octanol–water partition coefficient (Wildman–Crippen LogP) is 3.50. The molecule has 0 bridgehead atoms. The monoisotopic (exact) mass is 414 g/mol. The summed E-state index contributed by atoms with van der Waals surface area (Å²) in [4.78, 5) is 42.5. The molecule has 2 heterocycles. The number of fused-ring (bicyclic) bond motifs is 2. The van der Waals surface area contributed by atoms with Crippen molar-refractivity contribution in [1.82, 2.24) is 4.98 Å². The lowest BCUT2D eigenvalue weighted by molar-refractivity contribution is 0.0910. The number of rotatable bonds is 1. The summed E-state index contributed by atoms with van der Waals surface area (Å²) in [6.45, 7) is 4.54. The van der Waals surface area contributed by atoms with Crippen LogP contribution in [-0.2, 0) is 12.8 Å². The maximum atomic E-state index is 13.0. The zero-order valence-corrected chi connectivity index (χ0v) is 16.3. The highest BCUT2D eigenvalue weighted by atomic mass is 79.9. The van der Waals surface area contributed by atoms with Gasteiger partial charge in [0.05, 0.1) is 0 Å². The van der Waals surface area contributed by atoms with Gasteiger partial charge < -0.3 is 9.88 Å². The van der Waals surface area contributed by atoms with Crippen LogP contribution in [0.1, 0.15) is 52.2 Å². The molecule has 1 aromatic carbocycles. The number of nitrogens with zero attached hydrogens (tertiary/aromatic N) is 1. The Balaban J connectivity index is 1.74. The summed E-state index contributed by atoms with van der Waals surface area (Å²) in [7, 11) is 0. The molecule has 6 heteroatoms. The normalized spacial score (nSPS) is 17.8. The number of carbonyl (C=O) groups is 2. The average Bonchev–Trinajstić information content (AvgIpc) is 2.95. The maximum Gasteiger partial charge on any atom is 0.263 e. The van der Waals surface area contributed by atoms with E-state index in [4.69, 9.17) is 0 Å². The van der Waals surface area contributed by atoms with Crippen molar-refractivity contribution < 1.29 is 9.59 Å². The molecule has 0 saturated carbocycles. The zero-order chi connectivity index (χ0) is 18.6. The second-order valence-electron chi connectivity index (χ2n) is 7.83. The van der Waals surface area contributed by atoms with E-state index in [-0.39, 0.29) is 22.7 Å². The first-order chi connectivity index (χ1) is 12.2. The van der Waals surface area contributed by atoms with Crippen molar-refractivity contribution >= 4 is 33.3 Å². The summed E-state index contributed by atoms with van der Waals surface area (Å²) in [5, 5.41) is 0. The summed E-state index contributed by atoms with van der Waals surface area (Å²) in [6.07, 6.45) is 1.79. The lowest BCUT2D eigenvalue weighted by Gasteiger charge is -2.30. The van der Waals surface area contributed by atoms with E-state index in [0.717, 1.165) is 22.1 Å². The Hall–Kier alpha value is -2.21. The molecule has 0 spiro atoms. The number of amides is 1. The Bertz CT molecular complexity index is 1010. The largest absolute Gasteiger partial charge is 0.325 e. The van der Waals surface area contributed by atoms with Crippen LogP contribution >= 0.6 is 15.9 Å². The summed E-state index contributed by atoms with van der Waals surface area (Å²) < 4.78 is 0.963. The van der Waals surface area contributed by atoms with Crippen LogP contribution in [0.15, 0.2) is 33.5 Å². The average molecular weight is 415 g/mol. The van der Waals surface area contributed by atoms with E-state index in [1.165, 1.54) is 6.07 Å². The molecule has 4 rings (SSSR count). The quantitative estimate of drug-likeness (QED) is 0.775. The molecular weight excluding hydrogens is 396 g/mol. The van der Waals surface area contributed by atoms with E-state index in [1.807, 2.05) is 32.0 Å². The molecule has 0 saturated heterocycles. The van der Waals surface area contributed by atoms with E-state index in [2.05, 4.69) is 20.9 Å². The number of hydrogen-bond acceptors (Lipinski definition) is 3. The highest BCUT2D eigenvalue weighted by Gasteiger charge is 2.34. The number of aromatic amines is 1. The van der Waals surface area contributed by atoms with Crippen molar-refractivity contribution in [1.29, 1.82) is 0 Å². The fourth-order valence-electron chi connectivity index (χ4n) is 3.91. The molecule has 5 nitrogen and oxygen atoms in total. The third-order valence-corrected chi connectivity index (χ3v) is 5.62. The molecule has 2 aliphatic rings. The summed E-state index contributed by atoms with van der Waals surface area (Å²) in [6, 6.07) is 7.24. The van der Waals surface area contributed by atoms with Crippen molar-refractivity contribution in [2.24, 2.45) is 5.41 Å². The van der Waals surface area contributed by atoms with Crippen LogP contribution in [0, 0.1) is 5.41 Å². The SMILES string of the molecule is CC1(C)CC(=O)c2cc(C(=O)N3CCc4cc(Br)ccc43)c(=O)[nH]c2C1. The molecular formula is C20H19BrN2O3. The first-order valence-electron chi connectivity index (χ1n) is 8.65. The molecule has 0 unspecified atom stereocenters. The standard InChI is InChI=1S/C20H19BrN2O3/c1-20(2)9-15-13(17(24)10-20)8-14(18(25)22-15)19(26)23-6-5-11-7-12(21)3-4-16(11)23/h3-4,7-8H,5-6,9-10H2,1-2H3,(H,22,25). The number of anilines is 1. The predicted molar refractivity (Wildman–Crippen MR) is 103 cm³/mol. The summed E-state index contributed by atoms with van der Waals surface area (Å²) in [5.41, 5.74) is 2.43. The van der Waals surface area contributed by atoms with Gasteiger partial charge in [0.25, 0.3) is 11.5 Å². The Morgan fingerprint density at radius 2 is 1.96 bits per heavy atom. The van der Waals surface area contributed by atoms with Crippen molar-refractivity contribution in [3.63, 3.8) is 0 Å². The second-order valence-corrected chi connectivity index (χ2v) is 8.74. The van der Waals surface area contributed by atoms with Gasteiger partial charge in [-0.1, -0.05) is 29.8 Å². The van der Waals surface area contributed by atoms with E-state index in [1.54, 1.807) is 4.90 Å². The fraction of sp³-hybridized carbons (Fsp3) is 0.350. The van der Waals surface area contributed by atoms with Gasteiger partial charge in [0.1, 0.15) is 5.56 Å². The minimum absolute atomic E-state index is 0.0210. The lowest BCUT2D eigenvalue weighted by atomic mass is 9.75. The van der Waals surface area contributed by atoms with Crippen molar-refractivity contribution in [3.05, 3.63) is 61.5 Å². The molecule has 1 aliphatic carbocycles. The highest BCUT2D eigenvalue weighted by Crippen LogP contribution is 2.34. The Kier molecular flexibility index (Phi) is 3.91.